The second kappa shape index (κ2) is 11.5. The number of rotatable bonds is 7. The third kappa shape index (κ3) is 5.75. The number of hydrogen-bond donors (Lipinski definition) is 3. The molecule has 0 bridgehead atoms. The molecule has 3 fully saturated rings. The van der Waals surface area contributed by atoms with Crippen LogP contribution in [0.2, 0.25) is 0 Å². The van der Waals surface area contributed by atoms with E-state index in [2.05, 4.69) is 17.2 Å². The lowest BCUT2D eigenvalue weighted by Gasteiger charge is -2.43. The van der Waals surface area contributed by atoms with Crippen LogP contribution in [0, 0.1) is 0 Å². The number of nitrogens with one attached hydrogen (secondary N) is 1. The molecule has 10 nitrogen and oxygen atoms in total. The molecule has 3 aliphatic rings. The van der Waals surface area contributed by atoms with E-state index in [1.54, 1.807) is 35.4 Å². The molecule has 6 rings (SSSR count). The maximum atomic E-state index is 13.8. The monoisotopic (exact) mass is 610 g/mol. The number of fused-ring (bicyclic) bond motifs is 2. The van der Waals surface area contributed by atoms with Gasteiger partial charge in [-0.2, -0.15) is 0 Å². The molecule has 0 radical (unpaired) electrons. The predicted molar refractivity (Wildman–Crippen MR) is 159 cm³/mol. The Morgan fingerprint density at radius 1 is 1.12 bits per heavy atom. The number of thiophene rings is 1. The van der Waals surface area contributed by atoms with Gasteiger partial charge in [0.05, 0.1) is 6.16 Å². The van der Waals surface area contributed by atoms with E-state index >= 15 is 0 Å². The first kappa shape index (κ1) is 29.0. The Balaban J connectivity index is 1.13. The van der Waals surface area contributed by atoms with Gasteiger partial charge in [-0.1, -0.05) is 6.92 Å². The lowest BCUT2D eigenvalue weighted by molar-refractivity contribution is -0.148. The lowest BCUT2D eigenvalue weighted by Crippen LogP contribution is -2.58. The lowest BCUT2D eigenvalue weighted by atomic mass is 9.88. The second-order valence-electron chi connectivity index (χ2n) is 11.6. The van der Waals surface area contributed by atoms with Crippen molar-refractivity contribution in [3.05, 3.63) is 64.3 Å². The van der Waals surface area contributed by atoms with Crippen LogP contribution in [0.4, 0.5) is 0 Å². The van der Waals surface area contributed by atoms with Crippen molar-refractivity contribution in [2.24, 2.45) is 0 Å². The Labute approximate surface area is 248 Å². The van der Waals surface area contributed by atoms with Crippen LogP contribution in [0.3, 0.4) is 0 Å². The Morgan fingerprint density at radius 3 is 2.69 bits per heavy atom. The normalized spacial score (nSPS) is 23.0. The standard InChI is InChI=1S/C30H35N4O6PS/c1-2-18-10-11-31-14-24(18)21-15-33(16-21)30(37)26-8-7-22-4-3-5-25(29(36)34(22)26)32-28(35)19-6-9-27-20(12-19)13-23(42-27)17-41(38,39)40/h6,9-14,21-22,25-26H,2-5,7-8,15-17H2,1H3,(H,32,35)(H2,38,39,40)/t22-,25-,26-/m0/s1. The van der Waals surface area contributed by atoms with E-state index < -0.39 is 19.7 Å². The Hall–Kier alpha value is -3.11. The summed E-state index contributed by atoms with van der Waals surface area (Å²) in [4.78, 5) is 67.7. The summed E-state index contributed by atoms with van der Waals surface area (Å²) in [5.74, 6) is -0.327. The molecule has 42 heavy (non-hydrogen) atoms. The van der Waals surface area contributed by atoms with Crippen LogP contribution >= 0.6 is 18.9 Å². The van der Waals surface area contributed by atoms with E-state index in [1.165, 1.54) is 22.5 Å². The van der Waals surface area contributed by atoms with Gasteiger partial charge in [-0.05, 0) is 85.4 Å². The van der Waals surface area contributed by atoms with Crippen molar-refractivity contribution in [1.82, 2.24) is 20.1 Å². The average molecular weight is 611 g/mol. The van der Waals surface area contributed by atoms with Crippen LogP contribution < -0.4 is 5.32 Å². The van der Waals surface area contributed by atoms with Gasteiger partial charge < -0.3 is 24.9 Å². The summed E-state index contributed by atoms with van der Waals surface area (Å²) in [6.07, 6.45) is 7.80. The molecule has 0 unspecified atom stereocenters. The van der Waals surface area contributed by atoms with E-state index in [9.17, 15) is 28.7 Å². The van der Waals surface area contributed by atoms with Crippen molar-refractivity contribution >= 4 is 46.7 Å². The van der Waals surface area contributed by atoms with Gasteiger partial charge in [0.25, 0.3) is 5.91 Å². The fourth-order valence-corrected chi connectivity index (χ4v) is 8.79. The minimum atomic E-state index is -4.20. The molecule has 3 aromatic rings. The van der Waals surface area contributed by atoms with Gasteiger partial charge in [-0.15, -0.1) is 11.3 Å². The quantitative estimate of drug-likeness (QED) is 0.346. The second-order valence-corrected chi connectivity index (χ2v) is 14.4. The first-order valence-electron chi connectivity index (χ1n) is 14.5. The molecule has 3 aliphatic heterocycles. The van der Waals surface area contributed by atoms with Gasteiger partial charge in [0, 0.05) is 52.6 Å². The molecule has 2 aromatic heterocycles. The summed E-state index contributed by atoms with van der Waals surface area (Å²) in [6, 6.07) is 7.61. The fraction of sp³-hybridized carbons (Fsp3) is 0.467. The molecule has 3 saturated heterocycles. The zero-order chi connectivity index (χ0) is 29.6. The van der Waals surface area contributed by atoms with Crippen molar-refractivity contribution in [3.63, 3.8) is 0 Å². The number of pyridine rings is 1. The van der Waals surface area contributed by atoms with Crippen LogP contribution in [0.1, 0.15) is 71.3 Å². The first-order valence-corrected chi connectivity index (χ1v) is 17.1. The van der Waals surface area contributed by atoms with Crippen LogP contribution in [0.5, 0.6) is 0 Å². The summed E-state index contributed by atoms with van der Waals surface area (Å²) in [6.45, 7) is 3.37. The van der Waals surface area contributed by atoms with Crippen molar-refractivity contribution in [2.75, 3.05) is 13.1 Å². The highest BCUT2D eigenvalue weighted by atomic mass is 32.1. The molecule has 3 N–H and O–H groups in total. The number of nitrogens with zero attached hydrogens (tertiary/aromatic N) is 3. The van der Waals surface area contributed by atoms with Gasteiger partial charge in [0.15, 0.2) is 0 Å². The zero-order valence-electron chi connectivity index (χ0n) is 23.4. The molecule has 12 heteroatoms. The maximum absolute atomic E-state index is 13.8. The van der Waals surface area contributed by atoms with Gasteiger partial charge in [-0.25, -0.2) is 0 Å². The molecular formula is C30H35N4O6PS. The predicted octanol–water partition coefficient (Wildman–Crippen LogP) is 3.80. The highest BCUT2D eigenvalue weighted by molar-refractivity contribution is 7.51. The Kier molecular flexibility index (Phi) is 7.95. The third-order valence-electron chi connectivity index (χ3n) is 8.83. The molecule has 1 aromatic carbocycles. The van der Waals surface area contributed by atoms with Crippen molar-refractivity contribution in [3.8, 4) is 0 Å². The number of benzene rings is 1. The van der Waals surface area contributed by atoms with E-state index in [0.717, 1.165) is 35.8 Å². The van der Waals surface area contributed by atoms with E-state index in [4.69, 9.17) is 0 Å². The summed E-state index contributed by atoms with van der Waals surface area (Å²) < 4.78 is 12.2. The molecule has 222 valence electrons. The molecule has 3 atom stereocenters. The largest absolute Gasteiger partial charge is 0.340 e. The van der Waals surface area contributed by atoms with Gasteiger partial charge in [0.1, 0.15) is 12.1 Å². The van der Waals surface area contributed by atoms with Crippen LogP contribution in [-0.4, -0.2) is 73.5 Å². The third-order valence-corrected chi connectivity index (χ3v) is 10.9. The van der Waals surface area contributed by atoms with Crippen molar-refractivity contribution < 1.29 is 28.7 Å². The Bertz CT molecular complexity index is 1580. The molecule has 5 heterocycles. The van der Waals surface area contributed by atoms with Gasteiger partial charge in [-0.3, -0.25) is 23.9 Å². The van der Waals surface area contributed by atoms with E-state index in [1.807, 2.05) is 17.2 Å². The smallest absolute Gasteiger partial charge is 0.330 e. The van der Waals surface area contributed by atoms with Crippen LogP contribution in [-0.2, 0) is 26.7 Å². The summed E-state index contributed by atoms with van der Waals surface area (Å²) >= 11 is 1.28. The van der Waals surface area contributed by atoms with Gasteiger partial charge in [0.2, 0.25) is 11.8 Å². The number of likely N-dealkylation sites (tertiary alicyclic amines) is 1. The number of aryl methyl sites for hydroxylation is 1. The van der Waals surface area contributed by atoms with Crippen molar-refractivity contribution in [1.29, 1.82) is 0 Å². The number of amides is 3. The first-order chi connectivity index (χ1) is 20.1. The molecule has 3 amide bonds. The van der Waals surface area contributed by atoms with Crippen molar-refractivity contribution in [2.45, 2.75) is 75.7 Å². The van der Waals surface area contributed by atoms with E-state index in [-0.39, 0.29) is 35.8 Å². The van der Waals surface area contributed by atoms with Crippen LogP contribution in [0.25, 0.3) is 10.1 Å². The topological polar surface area (TPSA) is 140 Å². The van der Waals surface area contributed by atoms with Gasteiger partial charge >= 0.3 is 7.60 Å². The maximum Gasteiger partial charge on any atom is 0.330 e. The molecular weight excluding hydrogens is 575 g/mol. The highest BCUT2D eigenvalue weighted by Gasteiger charge is 2.47. The summed E-state index contributed by atoms with van der Waals surface area (Å²) in [5, 5.41) is 3.64. The summed E-state index contributed by atoms with van der Waals surface area (Å²) in [7, 11) is -4.20. The molecule has 0 aliphatic carbocycles. The SMILES string of the molecule is CCc1ccncc1C1CN(C(=O)[C@@H]2CC[C@@H]3CCC[C@H](NC(=O)c4ccc5sc(CP(=O)(O)O)cc5c4)C(=O)N32)C1. The Morgan fingerprint density at radius 2 is 1.93 bits per heavy atom. The summed E-state index contributed by atoms with van der Waals surface area (Å²) in [5.41, 5.74) is 2.82. The number of carbonyl (C=O) groups is 3. The number of carbonyl (C=O) groups excluding carboxylic acids is 3. The van der Waals surface area contributed by atoms with Crippen LogP contribution in [0.15, 0.2) is 42.7 Å². The minimum absolute atomic E-state index is 0.00467. The number of hydrogen-bond acceptors (Lipinski definition) is 6. The number of aromatic nitrogens is 1. The zero-order valence-corrected chi connectivity index (χ0v) is 25.2. The average Bonchev–Trinajstić information content (AvgIpc) is 3.49. The highest BCUT2D eigenvalue weighted by Crippen LogP contribution is 2.42. The molecule has 0 spiro atoms. The minimum Gasteiger partial charge on any atom is -0.340 e. The molecule has 0 saturated carbocycles. The van der Waals surface area contributed by atoms with E-state index in [0.29, 0.717) is 36.4 Å². The fourth-order valence-electron chi connectivity index (χ4n) is 6.69.